The Morgan fingerprint density at radius 2 is 1.75 bits per heavy atom. The Morgan fingerprint density at radius 3 is 2.25 bits per heavy atom. The molecule has 1 heterocycles. The molecule has 4 heteroatoms. The molecule has 1 amide bonds. The van der Waals surface area contributed by atoms with Crippen molar-refractivity contribution in [3.8, 4) is 0 Å². The molecule has 0 radical (unpaired) electrons. The molecule has 0 spiro atoms. The number of hydrogen-bond donors (Lipinski definition) is 1. The van der Waals surface area contributed by atoms with Crippen LogP contribution in [0.15, 0.2) is 0 Å². The number of piperidine rings is 1. The van der Waals surface area contributed by atoms with Crippen LogP contribution in [0.3, 0.4) is 0 Å². The number of likely N-dealkylation sites (tertiary alicyclic amines) is 1. The molecule has 2 aliphatic rings. The van der Waals surface area contributed by atoms with E-state index >= 15 is 0 Å². The van der Waals surface area contributed by atoms with Crippen molar-refractivity contribution in [2.45, 2.75) is 76.9 Å². The van der Waals surface area contributed by atoms with E-state index in [0.29, 0.717) is 24.7 Å². The van der Waals surface area contributed by atoms with Crippen molar-refractivity contribution in [1.82, 2.24) is 9.80 Å². The number of aliphatic hydroxyl groups is 1. The first kappa shape index (κ1) is 15.8. The number of rotatable bonds is 6. The number of amides is 1. The number of nitrogens with zero attached hydrogens (tertiary/aromatic N) is 2. The molecule has 2 rings (SSSR count). The third kappa shape index (κ3) is 3.73. The fourth-order valence-corrected chi connectivity index (χ4v) is 3.58. The number of carbonyl (C=O) groups is 1. The highest BCUT2D eigenvalue weighted by Crippen LogP contribution is 2.26. The predicted octanol–water partition coefficient (Wildman–Crippen LogP) is 2.01. The smallest absolute Gasteiger partial charge is 0.237 e. The summed E-state index contributed by atoms with van der Waals surface area (Å²) in [6.45, 7) is 5.96. The summed E-state index contributed by atoms with van der Waals surface area (Å²) in [7, 11) is 0. The van der Waals surface area contributed by atoms with E-state index in [1.807, 2.05) is 0 Å². The first-order valence-corrected chi connectivity index (χ1v) is 8.29. The first-order valence-electron chi connectivity index (χ1n) is 8.29. The summed E-state index contributed by atoms with van der Waals surface area (Å²) >= 11 is 0. The lowest BCUT2D eigenvalue weighted by Crippen LogP contribution is -2.53. The first-order chi connectivity index (χ1) is 9.63. The van der Waals surface area contributed by atoms with Crippen molar-refractivity contribution in [3.63, 3.8) is 0 Å². The van der Waals surface area contributed by atoms with Crippen molar-refractivity contribution in [1.29, 1.82) is 0 Å². The number of hydrogen-bond acceptors (Lipinski definition) is 3. The predicted molar refractivity (Wildman–Crippen MR) is 80.5 cm³/mol. The van der Waals surface area contributed by atoms with Gasteiger partial charge < -0.3 is 10.0 Å². The van der Waals surface area contributed by atoms with Gasteiger partial charge in [0.05, 0.1) is 6.54 Å². The Balaban J connectivity index is 1.92. The van der Waals surface area contributed by atoms with Crippen molar-refractivity contribution < 1.29 is 9.90 Å². The molecular weight excluding hydrogens is 252 g/mol. The standard InChI is InChI=1S/C16H30N2O2/c1-13-6-3-7-14(2)18(13)16(20)12-17(10-5-11-19)15-8-4-9-15/h13-15,19H,3-12H2,1-2H3. The molecule has 0 aromatic carbocycles. The molecule has 1 N–H and O–H groups in total. The highest BCUT2D eigenvalue weighted by Gasteiger charge is 2.32. The molecule has 20 heavy (non-hydrogen) atoms. The van der Waals surface area contributed by atoms with Gasteiger partial charge in [-0.25, -0.2) is 0 Å². The van der Waals surface area contributed by atoms with Gasteiger partial charge in [0.25, 0.3) is 0 Å². The van der Waals surface area contributed by atoms with Crippen LogP contribution in [0, 0.1) is 0 Å². The molecule has 2 unspecified atom stereocenters. The Hall–Kier alpha value is -0.610. The van der Waals surface area contributed by atoms with Gasteiger partial charge in [-0.2, -0.15) is 0 Å². The van der Waals surface area contributed by atoms with E-state index in [1.165, 1.54) is 25.7 Å². The molecule has 0 bridgehead atoms. The molecule has 2 atom stereocenters. The maximum absolute atomic E-state index is 12.7. The second kappa shape index (κ2) is 7.41. The summed E-state index contributed by atoms with van der Waals surface area (Å²) < 4.78 is 0. The van der Waals surface area contributed by atoms with Gasteiger partial charge in [-0.15, -0.1) is 0 Å². The molecule has 1 saturated carbocycles. The monoisotopic (exact) mass is 282 g/mol. The zero-order valence-electron chi connectivity index (χ0n) is 13.1. The fraction of sp³-hybridized carbons (Fsp3) is 0.938. The average Bonchev–Trinajstić information content (AvgIpc) is 2.33. The van der Waals surface area contributed by atoms with Crippen LogP contribution in [0.1, 0.15) is 58.8 Å². The van der Waals surface area contributed by atoms with E-state index in [9.17, 15) is 4.79 Å². The Kier molecular flexibility index (Phi) is 5.85. The van der Waals surface area contributed by atoms with Crippen LogP contribution in [0.25, 0.3) is 0 Å². The quantitative estimate of drug-likeness (QED) is 0.810. The van der Waals surface area contributed by atoms with Gasteiger partial charge in [0, 0.05) is 31.3 Å². The molecule has 1 saturated heterocycles. The topological polar surface area (TPSA) is 43.8 Å². The van der Waals surface area contributed by atoms with Crippen LogP contribution in [0.5, 0.6) is 0 Å². The highest BCUT2D eigenvalue weighted by atomic mass is 16.3. The minimum Gasteiger partial charge on any atom is -0.396 e. The van der Waals surface area contributed by atoms with Crippen LogP contribution < -0.4 is 0 Å². The van der Waals surface area contributed by atoms with Gasteiger partial charge in [-0.1, -0.05) is 6.42 Å². The Labute approximate surface area is 123 Å². The van der Waals surface area contributed by atoms with E-state index in [-0.39, 0.29) is 12.5 Å². The Morgan fingerprint density at radius 1 is 1.15 bits per heavy atom. The lowest BCUT2D eigenvalue weighted by Gasteiger charge is -2.42. The van der Waals surface area contributed by atoms with Crippen LogP contribution in [0.4, 0.5) is 0 Å². The normalized spacial score (nSPS) is 27.7. The fourth-order valence-electron chi connectivity index (χ4n) is 3.58. The second-order valence-electron chi connectivity index (χ2n) is 6.56. The van der Waals surface area contributed by atoms with E-state index in [1.54, 1.807) is 0 Å². The zero-order valence-corrected chi connectivity index (χ0v) is 13.1. The van der Waals surface area contributed by atoms with Crippen molar-refractivity contribution in [3.05, 3.63) is 0 Å². The van der Waals surface area contributed by atoms with Gasteiger partial charge in [0.2, 0.25) is 5.91 Å². The van der Waals surface area contributed by atoms with Crippen molar-refractivity contribution in [2.24, 2.45) is 0 Å². The number of aliphatic hydroxyl groups excluding tert-OH is 1. The van der Waals surface area contributed by atoms with Gasteiger partial charge in [0.1, 0.15) is 0 Å². The summed E-state index contributed by atoms with van der Waals surface area (Å²) in [5.74, 6) is 0.287. The van der Waals surface area contributed by atoms with E-state index in [2.05, 4.69) is 23.6 Å². The van der Waals surface area contributed by atoms with Gasteiger partial charge in [0.15, 0.2) is 0 Å². The lowest BCUT2D eigenvalue weighted by atomic mass is 9.91. The maximum Gasteiger partial charge on any atom is 0.237 e. The summed E-state index contributed by atoms with van der Waals surface area (Å²) in [4.78, 5) is 17.1. The van der Waals surface area contributed by atoms with Gasteiger partial charge in [-0.3, -0.25) is 9.69 Å². The van der Waals surface area contributed by atoms with Gasteiger partial charge >= 0.3 is 0 Å². The maximum atomic E-state index is 12.7. The highest BCUT2D eigenvalue weighted by molar-refractivity contribution is 5.79. The minimum absolute atomic E-state index is 0.216. The summed E-state index contributed by atoms with van der Waals surface area (Å²) in [5, 5.41) is 9.03. The van der Waals surface area contributed by atoms with Crippen molar-refractivity contribution in [2.75, 3.05) is 19.7 Å². The third-order valence-electron chi connectivity index (χ3n) is 5.01. The molecule has 0 aromatic rings. The third-order valence-corrected chi connectivity index (χ3v) is 5.01. The largest absolute Gasteiger partial charge is 0.396 e. The van der Waals surface area contributed by atoms with Crippen LogP contribution >= 0.6 is 0 Å². The summed E-state index contributed by atoms with van der Waals surface area (Å²) in [6, 6.07) is 1.33. The lowest BCUT2D eigenvalue weighted by molar-refractivity contribution is -0.139. The van der Waals surface area contributed by atoms with Crippen LogP contribution in [-0.4, -0.2) is 58.6 Å². The zero-order chi connectivity index (χ0) is 14.5. The van der Waals surface area contributed by atoms with Gasteiger partial charge in [-0.05, 0) is 52.4 Å². The van der Waals surface area contributed by atoms with E-state index in [0.717, 1.165) is 25.8 Å². The Bertz CT molecular complexity index is 308. The average molecular weight is 282 g/mol. The minimum atomic E-state index is 0.216. The molecule has 2 fully saturated rings. The van der Waals surface area contributed by atoms with Crippen LogP contribution in [0.2, 0.25) is 0 Å². The van der Waals surface area contributed by atoms with E-state index in [4.69, 9.17) is 5.11 Å². The molecule has 4 nitrogen and oxygen atoms in total. The van der Waals surface area contributed by atoms with Crippen LogP contribution in [-0.2, 0) is 4.79 Å². The van der Waals surface area contributed by atoms with Crippen molar-refractivity contribution >= 4 is 5.91 Å². The molecule has 1 aliphatic carbocycles. The summed E-state index contributed by atoms with van der Waals surface area (Å²) in [6.07, 6.45) is 7.99. The molecular formula is C16H30N2O2. The molecule has 116 valence electrons. The number of carbonyl (C=O) groups excluding carboxylic acids is 1. The molecule has 1 aliphatic heterocycles. The summed E-state index contributed by atoms with van der Waals surface area (Å²) in [5.41, 5.74) is 0. The van der Waals surface area contributed by atoms with E-state index < -0.39 is 0 Å². The SMILES string of the molecule is CC1CCCC(C)N1C(=O)CN(CCCO)C1CCC1. The second-order valence-corrected chi connectivity index (χ2v) is 6.56. The molecule has 0 aromatic heterocycles.